The molecule has 2 aromatic carbocycles. The van der Waals surface area contributed by atoms with Gasteiger partial charge in [0.1, 0.15) is 12.4 Å². The van der Waals surface area contributed by atoms with Crippen molar-refractivity contribution in [2.45, 2.75) is 82.8 Å². The maximum absolute atomic E-state index is 14.1. The Morgan fingerprint density at radius 3 is 2.14 bits per heavy atom. The molecule has 6 heteroatoms. The fourth-order valence-electron chi connectivity index (χ4n) is 6.07. The molecular formula is C29H37N3O3. The standard InChI is InChI=1S/C29H37N3O3/c1-34-26-18-17-21(19-27(26)35-2)29-30-24-15-9-10-16-25(24)31(29)20-28(33)32(22-11-5-3-6-12-22)23-13-7-4-8-14-23/h9-10,15-19,22-23H,3-8,11-14,20H2,1-2H3. The molecule has 0 saturated heterocycles. The number of carbonyl (C=O) groups is 1. The lowest BCUT2D eigenvalue weighted by molar-refractivity contribution is -0.138. The second-order valence-electron chi connectivity index (χ2n) is 9.96. The van der Waals surface area contributed by atoms with Gasteiger partial charge in [-0.1, -0.05) is 50.7 Å². The Bertz CT molecular complexity index is 1140. The minimum atomic E-state index is 0.230. The summed E-state index contributed by atoms with van der Waals surface area (Å²) in [6.45, 7) is 0.303. The molecule has 1 amide bonds. The topological polar surface area (TPSA) is 56.6 Å². The maximum Gasteiger partial charge on any atom is 0.243 e. The highest BCUT2D eigenvalue weighted by atomic mass is 16.5. The van der Waals surface area contributed by atoms with Crippen LogP contribution < -0.4 is 9.47 Å². The number of methoxy groups -OCH3 is 2. The molecule has 0 atom stereocenters. The summed E-state index contributed by atoms with van der Waals surface area (Å²) in [6.07, 6.45) is 12.0. The molecule has 2 aliphatic carbocycles. The van der Waals surface area contributed by atoms with Crippen molar-refractivity contribution in [1.82, 2.24) is 14.5 Å². The van der Waals surface area contributed by atoms with E-state index in [0.29, 0.717) is 30.1 Å². The Hall–Kier alpha value is -3.02. The molecule has 1 heterocycles. The molecule has 6 nitrogen and oxygen atoms in total. The van der Waals surface area contributed by atoms with Crippen LogP contribution in [0, 0.1) is 0 Å². The summed E-state index contributed by atoms with van der Waals surface area (Å²) >= 11 is 0. The first-order valence-electron chi connectivity index (χ1n) is 13.2. The van der Waals surface area contributed by atoms with Gasteiger partial charge in [0.05, 0.1) is 25.3 Å². The summed E-state index contributed by atoms with van der Waals surface area (Å²) in [5.41, 5.74) is 2.79. The van der Waals surface area contributed by atoms with Gasteiger partial charge in [0.15, 0.2) is 11.5 Å². The highest BCUT2D eigenvalue weighted by molar-refractivity contribution is 5.85. The van der Waals surface area contributed by atoms with Crippen LogP contribution in [0.2, 0.25) is 0 Å². The van der Waals surface area contributed by atoms with E-state index in [1.54, 1.807) is 14.2 Å². The molecule has 5 rings (SSSR count). The number of amides is 1. The van der Waals surface area contributed by atoms with Gasteiger partial charge in [-0.25, -0.2) is 4.98 Å². The molecule has 35 heavy (non-hydrogen) atoms. The van der Waals surface area contributed by atoms with Crippen molar-refractivity contribution in [2.75, 3.05) is 14.2 Å². The molecule has 0 unspecified atom stereocenters. The number of imidazole rings is 1. The van der Waals surface area contributed by atoms with Crippen molar-refractivity contribution < 1.29 is 14.3 Å². The van der Waals surface area contributed by atoms with Crippen LogP contribution in [-0.4, -0.2) is 46.7 Å². The number of nitrogens with zero attached hydrogens (tertiary/aromatic N) is 3. The van der Waals surface area contributed by atoms with Gasteiger partial charge in [0, 0.05) is 17.6 Å². The van der Waals surface area contributed by atoms with Crippen molar-refractivity contribution >= 4 is 16.9 Å². The molecule has 0 radical (unpaired) electrons. The molecule has 0 spiro atoms. The van der Waals surface area contributed by atoms with Crippen LogP contribution in [0.25, 0.3) is 22.4 Å². The minimum Gasteiger partial charge on any atom is -0.493 e. The predicted molar refractivity (Wildman–Crippen MR) is 139 cm³/mol. The zero-order chi connectivity index (χ0) is 24.2. The number of para-hydroxylation sites is 2. The quantitative estimate of drug-likeness (QED) is 0.407. The van der Waals surface area contributed by atoms with Crippen molar-refractivity contribution in [1.29, 1.82) is 0 Å². The normalized spacial score (nSPS) is 17.4. The third kappa shape index (κ3) is 4.89. The third-order valence-corrected chi connectivity index (χ3v) is 7.81. The molecule has 3 aromatic rings. The van der Waals surface area contributed by atoms with Crippen molar-refractivity contribution in [3.8, 4) is 22.9 Å². The highest BCUT2D eigenvalue weighted by Gasteiger charge is 2.33. The van der Waals surface area contributed by atoms with Gasteiger partial charge in [0.2, 0.25) is 5.91 Å². The molecule has 1 aromatic heterocycles. The van der Waals surface area contributed by atoms with Crippen LogP contribution in [-0.2, 0) is 11.3 Å². The molecule has 0 aliphatic heterocycles. The maximum atomic E-state index is 14.1. The first kappa shape index (κ1) is 23.7. The Labute approximate surface area is 208 Å². The zero-order valence-corrected chi connectivity index (χ0v) is 21.0. The summed E-state index contributed by atoms with van der Waals surface area (Å²) in [6, 6.07) is 14.7. The second-order valence-corrected chi connectivity index (χ2v) is 9.96. The number of hydrogen-bond donors (Lipinski definition) is 0. The number of carbonyl (C=O) groups excluding carboxylic acids is 1. The number of fused-ring (bicyclic) bond motifs is 1. The van der Waals surface area contributed by atoms with Gasteiger partial charge in [-0.05, 0) is 56.0 Å². The average molecular weight is 476 g/mol. The zero-order valence-electron chi connectivity index (χ0n) is 21.0. The monoisotopic (exact) mass is 475 g/mol. The van der Waals surface area contributed by atoms with E-state index < -0.39 is 0 Å². The predicted octanol–water partition coefficient (Wildman–Crippen LogP) is 6.21. The SMILES string of the molecule is COc1ccc(-c2nc3ccccc3n2CC(=O)N(C2CCCCC2)C2CCCCC2)cc1OC. The summed E-state index contributed by atoms with van der Waals surface area (Å²) < 4.78 is 13.1. The number of benzene rings is 2. The number of ether oxygens (including phenoxy) is 2. The van der Waals surface area contributed by atoms with E-state index in [0.717, 1.165) is 48.1 Å². The Kier molecular flexibility index (Phi) is 7.26. The van der Waals surface area contributed by atoms with Gasteiger partial charge >= 0.3 is 0 Å². The third-order valence-electron chi connectivity index (χ3n) is 7.81. The molecule has 0 bridgehead atoms. The van der Waals surface area contributed by atoms with Gasteiger partial charge in [-0.15, -0.1) is 0 Å². The molecule has 2 saturated carbocycles. The summed E-state index contributed by atoms with van der Waals surface area (Å²) in [5, 5.41) is 0. The highest BCUT2D eigenvalue weighted by Crippen LogP contribution is 2.35. The minimum absolute atomic E-state index is 0.230. The molecular weight excluding hydrogens is 438 g/mol. The lowest BCUT2D eigenvalue weighted by Crippen LogP contribution is -2.50. The first-order chi connectivity index (χ1) is 17.2. The average Bonchev–Trinajstić information content (AvgIpc) is 3.28. The molecule has 186 valence electrons. The van der Waals surface area contributed by atoms with Gasteiger partial charge in [-0.3, -0.25) is 4.79 Å². The van der Waals surface area contributed by atoms with E-state index in [-0.39, 0.29) is 5.91 Å². The number of rotatable bonds is 7. The van der Waals surface area contributed by atoms with Crippen LogP contribution in [0.5, 0.6) is 11.5 Å². The van der Waals surface area contributed by atoms with E-state index in [1.165, 1.54) is 38.5 Å². The Morgan fingerprint density at radius 2 is 1.51 bits per heavy atom. The largest absolute Gasteiger partial charge is 0.493 e. The Morgan fingerprint density at radius 1 is 0.886 bits per heavy atom. The van der Waals surface area contributed by atoms with Crippen LogP contribution in [0.15, 0.2) is 42.5 Å². The summed E-state index contributed by atoms with van der Waals surface area (Å²) in [5.74, 6) is 2.35. The number of hydrogen-bond acceptors (Lipinski definition) is 4. The molecule has 2 aliphatic rings. The van der Waals surface area contributed by atoms with E-state index >= 15 is 0 Å². The second kappa shape index (κ2) is 10.7. The lowest BCUT2D eigenvalue weighted by Gasteiger charge is -2.42. The smallest absolute Gasteiger partial charge is 0.243 e. The van der Waals surface area contributed by atoms with Crippen LogP contribution in [0.1, 0.15) is 64.2 Å². The summed E-state index contributed by atoms with van der Waals surface area (Å²) in [4.78, 5) is 21.3. The molecule has 2 fully saturated rings. The van der Waals surface area contributed by atoms with Crippen LogP contribution in [0.3, 0.4) is 0 Å². The van der Waals surface area contributed by atoms with Crippen molar-refractivity contribution in [3.05, 3.63) is 42.5 Å². The van der Waals surface area contributed by atoms with E-state index in [2.05, 4.69) is 15.5 Å². The van der Waals surface area contributed by atoms with E-state index in [9.17, 15) is 4.79 Å². The fraction of sp³-hybridized carbons (Fsp3) is 0.517. The Balaban J connectivity index is 1.52. The van der Waals surface area contributed by atoms with E-state index in [4.69, 9.17) is 14.5 Å². The lowest BCUT2D eigenvalue weighted by atomic mass is 9.88. The summed E-state index contributed by atoms with van der Waals surface area (Å²) in [7, 11) is 3.27. The van der Waals surface area contributed by atoms with E-state index in [1.807, 2.05) is 36.4 Å². The van der Waals surface area contributed by atoms with Gasteiger partial charge in [0.25, 0.3) is 0 Å². The van der Waals surface area contributed by atoms with Crippen molar-refractivity contribution in [3.63, 3.8) is 0 Å². The molecule has 0 N–H and O–H groups in total. The first-order valence-corrected chi connectivity index (χ1v) is 13.2. The van der Waals surface area contributed by atoms with Gasteiger partial charge < -0.3 is 18.9 Å². The number of aromatic nitrogens is 2. The fourth-order valence-corrected chi connectivity index (χ4v) is 6.07. The van der Waals surface area contributed by atoms with Crippen LogP contribution in [0.4, 0.5) is 0 Å². The van der Waals surface area contributed by atoms with Gasteiger partial charge in [-0.2, -0.15) is 0 Å². The van der Waals surface area contributed by atoms with Crippen LogP contribution >= 0.6 is 0 Å². The van der Waals surface area contributed by atoms with Crippen molar-refractivity contribution in [2.24, 2.45) is 0 Å².